The van der Waals surface area contributed by atoms with Gasteiger partial charge in [-0.2, -0.15) is 10.4 Å². The molecule has 170 valence electrons. The molecule has 1 heterocycles. The van der Waals surface area contributed by atoms with Gasteiger partial charge in [-0.15, -0.1) is 0 Å². The Hall–Kier alpha value is -4.01. The summed E-state index contributed by atoms with van der Waals surface area (Å²) in [4.78, 5) is 24.6. The molecule has 1 aromatic heterocycles. The van der Waals surface area contributed by atoms with Crippen molar-refractivity contribution in [3.63, 3.8) is 0 Å². The Morgan fingerprint density at radius 1 is 1.09 bits per heavy atom. The Labute approximate surface area is 191 Å². The number of nitrogens with zero attached hydrogens (tertiary/aromatic N) is 3. The molecule has 33 heavy (non-hydrogen) atoms. The van der Waals surface area contributed by atoms with Crippen LogP contribution in [0.5, 0.6) is 0 Å². The van der Waals surface area contributed by atoms with Gasteiger partial charge >= 0.3 is 0 Å². The van der Waals surface area contributed by atoms with Crippen LogP contribution >= 0.6 is 0 Å². The lowest BCUT2D eigenvalue weighted by Gasteiger charge is -2.10. The van der Waals surface area contributed by atoms with Crippen LogP contribution in [0.25, 0.3) is 0 Å². The van der Waals surface area contributed by atoms with Gasteiger partial charge in [-0.05, 0) is 48.0 Å². The fourth-order valence-corrected chi connectivity index (χ4v) is 3.93. The molecule has 11 heteroatoms. The molecule has 0 saturated heterocycles. The molecule has 3 aromatic rings. The van der Waals surface area contributed by atoms with Gasteiger partial charge in [0.05, 0.1) is 11.0 Å². The lowest BCUT2D eigenvalue weighted by Crippen LogP contribution is -2.25. The second kappa shape index (κ2) is 11.0. The van der Waals surface area contributed by atoms with Crippen LogP contribution in [0.15, 0.2) is 71.9 Å². The molecule has 0 bridgehead atoms. The number of carbonyl (C=O) groups excluding carboxylic acids is 2. The van der Waals surface area contributed by atoms with Crippen LogP contribution in [-0.2, 0) is 27.9 Å². The van der Waals surface area contributed by atoms with E-state index in [1.807, 2.05) is 12.1 Å². The average molecular weight is 467 g/mol. The van der Waals surface area contributed by atoms with E-state index in [-0.39, 0.29) is 42.8 Å². The predicted octanol–water partition coefficient (Wildman–Crippen LogP) is 1.64. The smallest absolute Gasteiger partial charge is 0.251 e. The molecule has 0 aliphatic heterocycles. The summed E-state index contributed by atoms with van der Waals surface area (Å²) in [6.07, 6.45) is 3.35. The van der Waals surface area contributed by atoms with Crippen LogP contribution in [0.3, 0.4) is 0 Å². The maximum atomic E-state index is 12.4. The molecule has 2 aromatic carbocycles. The second-order valence-corrected chi connectivity index (χ2v) is 8.73. The highest BCUT2D eigenvalue weighted by Crippen LogP contribution is 2.13. The highest BCUT2D eigenvalue weighted by atomic mass is 32.2. The second-order valence-electron chi connectivity index (χ2n) is 6.97. The molecule has 0 saturated carbocycles. The van der Waals surface area contributed by atoms with Crippen molar-refractivity contribution in [3.8, 4) is 6.07 Å². The van der Waals surface area contributed by atoms with Crippen molar-refractivity contribution in [1.29, 1.82) is 5.26 Å². The monoisotopic (exact) mass is 466 g/mol. The Kier molecular flexibility index (Phi) is 7.91. The summed E-state index contributed by atoms with van der Waals surface area (Å²) in [5, 5.41) is 18.1. The number of sulfonamides is 1. The fourth-order valence-electron chi connectivity index (χ4n) is 2.90. The largest absolute Gasteiger partial charge is 0.348 e. The van der Waals surface area contributed by atoms with E-state index in [4.69, 9.17) is 5.26 Å². The van der Waals surface area contributed by atoms with Crippen LogP contribution in [-0.4, -0.2) is 36.6 Å². The zero-order chi connectivity index (χ0) is 23.7. The normalized spacial score (nSPS) is 10.9. The van der Waals surface area contributed by atoms with Gasteiger partial charge in [-0.3, -0.25) is 14.3 Å². The van der Waals surface area contributed by atoms with Gasteiger partial charge in [0.1, 0.15) is 6.54 Å². The maximum absolute atomic E-state index is 12.4. The molecular formula is C22H22N6O4S. The van der Waals surface area contributed by atoms with Crippen molar-refractivity contribution < 1.29 is 18.0 Å². The molecule has 0 radical (unpaired) electrons. The van der Waals surface area contributed by atoms with E-state index >= 15 is 0 Å². The zero-order valence-electron chi connectivity index (χ0n) is 17.6. The summed E-state index contributed by atoms with van der Waals surface area (Å²) >= 11 is 0. The van der Waals surface area contributed by atoms with Gasteiger partial charge in [-0.1, -0.05) is 12.1 Å². The number of rotatable bonds is 10. The van der Waals surface area contributed by atoms with Gasteiger partial charge < -0.3 is 10.6 Å². The number of anilines is 1. The first-order valence-electron chi connectivity index (χ1n) is 9.98. The Morgan fingerprint density at radius 2 is 1.88 bits per heavy atom. The first kappa shape index (κ1) is 23.6. The zero-order valence-corrected chi connectivity index (χ0v) is 18.4. The van der Waals surface area contributed by atoms with Crippen molar-refractivity contribution in [2.45, 2.75) is 24.4 Å². The highest BCUT2D eigenvalue weighted by molar-refractivity contribution is 7.89. The van der Waals surface area contributed by atoms with E-state index in [1.54, 1.807) is 36.7 Å². The molecule has 2 amide bonds. The van der Waals surface area contributed by atoms with E-state index in [9.17, 15) is 18.0 Å². The highest BCUT2D eigenvalue weighted by Gasteiger charge is 2.14. The number of benzene rings is 2. The Bertz CT molecular complexity index is 1250. The van der Waals surface area contributed by atoms with Crippen molar-refractivity contribution in [2.24, 2.45) is 0 Å². The predicted molar refractivity (Wildman–Crippen MR) is 120 cm³/mol. The minimum atomic E-state index is -3.73. The van der Waals surface area contributed by atoms with Crippen LogP contribution in [0, 0.1) is 11.3 Å². The SMILES string of the molecule is N#CCCNS(=O)(=O)c1ccc(C(=O)NCc2cccc(NC(=O)Cn3cccn3)c2)cc1. The van der Waals surface area contributed by atoms with Gasteiger partial charge in [0.2, 0.25) is 15.9 Å². The Balaban J connectivity index is 1.54. The average Bonchev–Trinajstić information content (AvgIpc) is 3.31. The number of nitrogens with one attached hydrogen (secondary N) is 3. The van der Waals surface area contributed by atoms with Crippen molar-refractivity contribution in [3.05, 3.63) is 78.1 Å². The van der Waals surface area contributed by atoms with Crippen molar-refractivity contribution in [1.82, 2.24) is 19.8 Å². The minimum absolute atomic E-state index is 0.00976. The third-order valence-corrected chi connectivity index (χ3v) is 5.96. The van der Waals surface area contributed by atoms with E-state index in [0.717, 1.165) is 5.56 Å². The number of hydrogen-bond acceptors (Lipinski definition) is 6. The molecular weight excluding hydrogens is 444 g/mol. The van der Waals surface area contributed by atoms with Crippen LogP contribution < -0.4 is 15.4 Å². The van der Waals surface area contributed by atoms with E-state index in [0.29, 0.717) is 11.3 Å². The van der Waals surface area contributed by atoms with E-state index < -0.39 is 10.0 Å². The number of hydrogen-bond donors (Lipinski definition) is 3. The molecule has 3 N–H and O–H groups in total. The molecule has 10 nitrogen and oxygen atoms in total. The minimum Gasteiger partial charge on any atom is -0.348 e. The first-order chi connectivity index (χ1) is 15.9. The molecule has 0 spiro atoms. The maximum Gasteiger partial charge on any atom is 0.251 e. The quantitative estimate of drug-likeness (QED) is 0.387. The lowest BCUT2D eigenvalue weighted by atomic mass is 10.1. The molecule has 0 aliphatic carbocycles. The summed E-state index contributed by atoms with van der Waals surface area (Å²) in [5.74, 6) is -0.596. The number of nitriles is 1. The third kappa shape index (κ3) is 6.99. The molecule has 0 atom stereocenters. The van der Waals surface area contributed by atoms with Gasteiger partial charge in [0, 0.05) is 43.2 Å². The molecule has 0 aliphatic rings. The molecule has 3 rings (SSSR count). The standard InChI is InChI=1S/C22H22N6O4S/c23-10-2-12-26-33(31,32)20-8-6-18(7-9-20)22(30)24-15-17-4-1-5-19(14-17)27-21(29)16-28-13-3-11-25-28/h1,3-9,11,13-14,26H,2,12,15-16H2,(H,24,30)(H,27,29). The lowest BCUT2D eigenvalue weighted by molar-refractivity contribution is -0.116. The number of aromatic nitrogens is 2. The van der Waals surface area contributed by atoms with Crippen LogP contribution in [0.2, 0.25) is 0 Å². The summed E-state index contributed by atoms with van der Waals surface area (Å²) in [6.45, 7) is 0.328. The van der Waals surface area contributed by atoms with Crippen molar-refractivity contribution in [2.75, 3.05) is 11.9 Å². The van der Waals surface area contributed by atoms with Crippen LogP contribution in [0.4, 0.5) is 5.69 Å². The van der Waals surface area contributed by atoms with Gasteiger partial charge in [-0.25, -0.2) is 13.1 Å². The summed E-state index contributed by atoms with van der Waals surface area (Å²) in [5.41, 5.74) is 1.67. The number of amides is 2. The van der Waals surface area contributed by atoms with Crippen LogP contribution in [0.1, 0.15) is 22.3 Å². The first-order valence-corrected chi connectivity index (χ1v) is 11.5. The van der Waals surface area contributed by atoms with E-state index in [1.165, 1.54) is 28.9 Å². The third-order valence-electron chi connectivity index (χ3n) is 4.48. The Morgan fingerprint density at radius 3 is 2.58 bits per heavy atom. The van der Waals surface area contributed by atoms with Gasteiger partial charge in [0.25, 0.3) is 5.91 Å². The number of carbonyl (C=O) groups is 2. The summed E-state index contributed by atoms with van der Waals surface area (Å²) in [6, 6.07) is 16.2. The topological polar surface area (TPSA) is 146 Å². The molecule has 0 unspecified atom stereocenters. The molecule has 0 fully saturated rings. The van der Waals surface area contributed by atoms with E-state index in [2.05, 4.69) is 20.5 Å². The van der Waals surface area contributed by atoms with Gasteiger partial charge in [0.15, 0.2) is 0 Å². The fraction of sp³-hybridized carbons (Fsp3) is 0.182. The van der Waals surface area contributed by atoms with Crippen molar-refractivity contribution >= 4 is 27.5 Å². The summed E-state index contributed by atoms with van der Waals surface area (Å²) < 4.78 is 28.1. The summed E-state index contributed by atoms with van der Waals surface area (Å²) in [7, 11) is -3.73.